The van der Waals surface area contributed by atoms with Gasteiger partial charge in [0, 0.05) is 5.56 Å². The van der Waals surface area contributed by atoms with Crippen molar-refractivity contribution in [3.8, 4) is 11.3 Å². The van der Waals surface area contributed by atoms with E-state index in [1.165, 1.54) is 11.1 Å². The van der Waals surface area contributed by atoms with Crippen LogP contribution >= 0.6 is 11.8 Å². The van der Waals surface area contributed by atoms with E-state index in [4.69, 9.17) is 4.98 Å². The second-order valence-electron chi connectivity index (χ2n) is 4.39. The highest BCUT2D eigenvalue weighted by Crippen LogP contribution is 2.27. The Morgan fingerprint density at radius 1 is 1.10 bits per heavy atom. The van der Waals surface area contributed by atoms with E-state index in [9.17, 15) is 0 Å². The predicted octanol–water partition coefficient (Wildman–Crippen LogP) is 5.45. The minimum Gasteiger partial charge on any atom is -0.241 e. The Balaban J connectivity index is 2.55. The van der Waals surface area contributed by atoms with Crippen LogP contribution in [0.4, 0.5) is 0 Å². The quantitative estimate of drug-likeness (QED) is 0.546. The predicted molar refractivity (Wildman–Crippen MR) is 89.9 cm³/mol. The third-order valence-corrected chi connectivity index (χ3v) is 3.70. The number of allylic oxidation sites excluding steroid dienone is 4. The summed E-state index contributed by atoms with van der Waals surface area (Å²) in [6, 6.07) is 14.6. The number of pyridine rings is 1. The van der Waals surface area contributed by atoms with E-state index in [1.54, 1.807) is 11.8 Å². The molecule has 0 radical (unpaired) electrons. The monoisotopic (exact) mass is 281 g/mol. The van der Waals surface area contributed by atoms with Gasteiger partial charge in [0.2, 0.25) is 0 Å². The molecule has 102 valence electrons. The van der Waals surface area contributed by atoms with Gasteiger partial charge in [-0.2, -0.15) is 0 Å². The van der Waals surface area contributed by atoms with E-state index >= 15 is 0 Å². The third-order valence-electron chi connectivity index (χ3n) is 3.07. The standard InChI is InChI=1S/C18H19NS/c1-4-9-14(5-2)16-12-17(19-18(13-16)20-3)15-10-7-6-8-11-15/h4-13H,1-3H3/b9-4-,14-5+. The minimum atomic E-state index is 1.02. The second kappa shape index (κ2) is 7.11. The Hall–Kier alpha value is -1.80. The number of rotatable bonds is 4. The Labute approximate surface area is 125 Å². The summed E-state index contributed by atoms with van der Waals surface area (Å²) in [7, 11) is 0. The van der Waals surface area contributed by atoms with Crippen molar-refractivity contribution in [1.29, 1.82) is 0 Å². The highest BCUT2D eigenvalue weighted by atomic mass is 32.2. The van der Waals surface area contributed by atoms with Crippen molar-refractivity contribution in [2.75, 3.05) is 6.26 Å². The van der Waals surface area contributed by atoms with Crippen molar-refractivity contribution >= 4 is 17.3 Å². The Bertz CT molecular complexity index is 627. The van der Waals surface area contributed by atoms with E-state index in [2.05, 4.69) is 55.7 Å². The van der Waals surface area contributed by atoms with Gasteiger partial charge in [0.25, 0.3) is 0 Å². The van der Waals surface area contributed by atoms with Crippen LogP contribution in [0.1, 0.15) is 19.4 Å². The summed E-state index contributed by atoms with van der Waals surface area (Å²) in [5.74, 6) is 0. The van der Waals surface area contributed by atoms with Crippen molar-refractivity contribution < 1.29 is 0 Å². The van der Waals surface area contributed by atoms with Crippen molar-refractivity contribution in [3.63, 3.8) is 0 Å². The maximum absolute atomic E-state index is 4.71. The molecule has 0 aliphatic carbocycles. The van der Waals surface area contributed by atoms with Gasteiger partial charge in [-0.1, -0.05) is 48.6 Å². The summed E-state index contributed by atoms with van der Waals surface area (Å²) in [6.45, 7) is 4.11. The van der Waals surface area contributed by atoms with E-state index in [0.717, 1.165) is 16.3 Å². The topological polar surface area (TPSA) is 12.9 Å². The molecule has 1 aromatic carbocycles. The van der Waals surface area contributed by atoms with Gasteiger partial charge < -0.3 is 0 Å². The zero-order valence-corrected chi connectivity index (χ0v) is 12.9. The van der Waals surface area contributed by atoms with E-state index in [1.807, 2.05) is 25.1 Å². The Morgan fingerprint density at radius 2 is 1.85 bits per heavy atom. The summed E-state index contributed by atoms with van der Waals surface area (Å²) in [5.41, 5.74) is 4.61. The lowest BCUT2D eigenvalue weighted by Crippen LogP contribution is -1.90. The van der Waals surface area contributed by atoms with Crippen LogP contribution in [-0.2, 0) is 0 Å². The van der Waals surface area contributed by atoms with Crippen LogP contribution < -0.4 is 0 Å². The lowest BCUT2D eigenvalue weighted by Gasteiger charge is -2.09. The highest BCUT2D eigenvalue weighted by molar-refractivity contribution is 7.98. The van der Waals surface area contributed by atoms with Crippen LogP contribution in [0, 0.1) is 0 Å². The number of hydrogen-bond donors (Lipinski definition) is 0. The van der Waals surface area contributed by atoms with Gasteiger partial charge in [0.05, 0.1) is 10.7 Å². The molecule has 1 aromatic heterocycles. The molecule has 0 aliphatic heterocycles. The van der Waals surface area contributed by atoms with Crippen LogP contribution in [0.15, 0.2) is 65.7 Å². The lowest BCUT2D eigenvalue weighted by molar-refractivity contribution is 1.14. The molecular formula is C18H19NS. The number of benzene rings is 1. The number of aromatic nitrogens is 1. The molecule has 1 nitrogen and oxygen atoms in total. The SMILES string of the molecule is C/C=C\C(=C/C)c1cc(SC)nc(-c2ccccc2)c1. The molecule has 0 fully saturated rings. The molecule has 0 bridgehead atoms. The van der Waals surface area contributed by atoms with Gasteiger partial charge in [0.1, 0.15) is 0 Å². The molecule has 0 aliphatic rings. The molecule has 20 heavy (non-hydrogen) atoms. The number of nitrogens with zero attached hydrogens (tertiary/aromatic N) is 1. The third kappa shape index (κ3) is 3.40. The van der Waals surface area contributed by atoms with Crippen molar-refractivity contribution in [3.05, 3.63) is 66.3 Å². The molecule has 0 amide bonds. The Morgan fingerprint density at radius 3 is 2.45 bits per heavy atom. The van der Waals surface area contributed by atoms with Crippen molar-refractivity contribution in [1.82, 2.24) is 4.98 Å². The average molecular weight is 281 g/mol. The van der Waals surface area contributed by atoms with E-state index in [0.29, 0.717) is 0 Å². The second-order valence-corrected chi connectivity index (χ2v) is 5.22. The first kappa shape index (κ1) is 14.6. The summed E-state index contributed by atoms with van der Waals surface area (Å²) in [4.78, 5) is 4.71. The van der Waals surface area contributed by atoms with Gasteiger partial charge in [0.15, 0.2) is 0 Å². The van der Waals surface area contributed by atoms with Crippen molar-refractivity contribution in [2.24, 2.45) is 0 Å². The van der Waals surface area contributed by atoms with Gasteiger partial charge >= 0.3 is 0 Å². The average Bonchev–Trinajstić information content (AvgIpc) is 2.53. The largest absolute Gasteiger partial charge is 0.241 e. The molecule has 2 aromatic rings. The first-order valence-corrected chi connectivity index (χ1v) is 7.92. The highest BCUT2D eigenvalue weighted by Gasteiger charge is 2.06. The summed E-state index contributed by atoms with van der Waals surface area (Å²) >= 11 is 1.68. The lowest BCUT2D eigenvalue weighted by atomic mass is 10.0. The van der Waals surface area contributed by atoms with Crippen LogP contribution in [0.3, 0.4) is 0 Å². The summed E-state index contributed by atoms with van der Waals surface area (Å²) < 4.78 is 0. The zero-order chi connectivity index (χ0) is 14.4. The van der Waals surface area contributed by atoms with E-state index < -0.39 is 0 Å². The molecule has 0 saturated heterocycles. The van der Waals surface area contributed by atoms with Gasteiger partial charge in [-0.25, -0.2) is 4.98 Å². The number of hydrogen-bond acceptors (Lipinski definition) is 2. The van der Waals surface area contributed by atoms with Crippen molar-refractivity contribution in [2.45, 2.75) is 18.9 Å². The molecule has 0 spiro atoms. The molecule has 2 heteroatoms. The first-order chi connectivity index (χ1) is 9.78. The van der Waals surface area contributed by atoms with E-state index in [-0.39, 0.29) is 0 Å². The fourth-order valence-electron chi connectivity index (χ4n) is 2.07. The zero-order valence-electron chi connectivity index (χ0n) is 12.1. The first-order valence-electron chi connectivity index (χ1n) is 6.69. The van der Waals surface area contributed by atoms with Gasteiger partial charge in [-0.05, 0) is 43.4 Å². The van der Waals surface area contributed by atoms with Crippen LogP contribution in [0.5, 0.6) is 0 Å². The van der Waals surface area contributed by atoms with Crippen LogP contribution in [0.2, 0.25) is 0 Å². The normalized spacial score (nSPS) is 12.1. The van der Waals surface area contributed by atoms with Gasteiger partial charge in [-0.15, -0.1) is 11.8 Å². The molecular weight excluding hydrogens is 262 g/mol. The minimum absolute atomic E-state index is 1.02. The molecule has 0 unspecified atom stereocenters. The summed E-state index contributed by atoms with van der Waals surface area (Å²) in [5, 5.41) is 1.05. The fourth-order valence-corrected chi connectivity index (χ4v) is 2.51. The number of thioether (sulfide) groups is 1. The fraction of sp³-hybridized carbons (Fsp3) is 0.167. The molecule has 0 N–H and O–H groups in total. The molecule has 0 saturated carbocycles. The Kier molecular flexibility index (Phi) is 5.19. The van der Waals surface area contributed by atoms with Crippen LogP contribution in [0.25, 0.3) is 16.8 Å². The van der Waals surface area contributed by atoms with Gasteiger partial charge in [-0.3, -0.25) is 0 Å². The maximum atomic E-state index is 4.71. The summed E-state index contributed by atoms with van der Waals surface area (Å²) in [6.07, 6.45) is 8.39. The molecule has 1 heterocycles. The molecule has 2 rings (SSSR count). The van der Waals surface area contributed by atoms with Crippen LogP contribution in [-0.4, -0.2) is 11.2 Å². The molecule has 0 atom stereocenters. The smallest absolute Gasteiger partial charge is 0.0970 e. The maximum Gasteiger partial charge on any atom is 0.0970 e.